The molecule has 0 saturated carbocycles. The first kappa shape index (κ1) is 15.3. The van der Waals surface area contributed by atoms with Gasteiger partial charge in [0.05, 0.1) is 6.04 Å². The van der Waals surface area contributed by atoms with Gasteiger partial charge in [0.2, 0.25) is 5.91 Å². The lowest BCUT2D eigenvalue weighted by atomic mass is 9.99. The molecule has 2 unspecified atom stereocenters. The Morgan fingerprint density at radius 3 is 2.95 bits per heavy atom. The molecule has 1 heterocycles. The highest BCUT2D eigenvalue weighted by atomic mass is 35.5. The first-order chi connectivity index (χ1) is 9.47. The van der Waals surface area contributed by atoms with Crippen molar-refractivity contribution in [1.29, 1.82) is 0 Å². The van der Waals surface area contributed by atoms with Gasteiger partial charge in [-0.3, -0.25) is 9.69 Å². The van der Waals surface area contributed by atoms with Crippen LogP contribution in [-0.4, -0.2) is 29.9 Å². The highest BCUT2D eigenvalue weighted by molar-refractivity contribution is 6.31. The monoisotopic (exact) mass is 294 g/mol. The number of carbonyl (C=O) groups is 1. The molecule has 1 N–H and O–H groups in total. The number of likely N-dealkylation sites (tertiary alicyclic amines) is 1. The molecule has 110 valence electrons. The van der Waals surface area contributed by atoms with Crippen molar-refractivity contribution in [3.63, 3.8) is 0 Å². The molecule has 0 bridgehead atoms. The minimum atomic E-state index is -0.101. The van der Waals surface area contributed by atoms with Crippen molar-refractivity contribution in [2.45, 2.75) is 39.7 Å². The Kier molecular flexibility index (Phi) is 5.06. The fraction of sp³-hybridized carbons (Fsp3) is 0.562. The minimum absolute atomic E-state index is 0.0458. The quantitative estimate of drug-likeness (QED) is 0.922. The zero-order chi connectivity index (χ0) is 14.7. The highest BCUT2D eigenvalue weighted by Crippen LogP contribution is 2.22. The van der Waals surface area contributed by atoms with Gasteiger partial charge in [-0.05, 0) is 56.8 Å². The molecule has 1 fully saturated rings. The molecular formula is C16H23ClN2O. The zero-order valence-electron chi connectivity index (χ0n) is 12.4. The second-order valence-corrected chi connectivity index (χ2v) is 6.30. The number of benzene rings is 1. The Bertz CT molecular complexity index is 489. The fourth-order valence-corrected chi connectivity index (χ4v) is 2.88. The van der Waals surface area contributed by atoms with Crippen LogP contribution in [-0.2, 0) is 4.79 Å². The Labute approximate surface area is 126 Å². The number of carbonyl (C=O) groups excluding carboxylic acids is 1. The number of nitrogens with one attached hydrogen (secondary N) is 1. The molecule has 20 heavy (non-hydrogen) atoms. The number of hydrogen-bond donors (Lipinski definition) is 1. The molecule has 1 amide bonds. The lowest BCUT2D eigenvalue weighted by Gasteiger charge is -2.34. The second-order valence-electron chi connectivity index (χ2n) is 5.87. The molecule has 1 saturated heterocycles. The molecule has 0 radical (unpaired) electrons. The number of piperidine rings is 1. The van der Waals surface area contributed by atoms with E-state index in [1.165, 1.54) is 12.8 Å². The Morgan fingerprint density at radius 1 is 1.50 bits per heavy atom. The van der Waals surface area contributed by atoms with E-state index in [1.807, 2.05) is 26.0 Å². The maximum atomic E-state index is 12.4. The number of aryl methyl sites for hydroxylation is 1. The molecule has 1 aromatic carbocycles. The van der Waals surface area contributed by atoms with E-state index < -0.39 is 0 Å². The first-order valence-electron chi connectivity index (χ1n) is 7.28. The van der Waals surface area contributed by atoms with Crippen LogP contribution in [0.4, 0.5) is 5.69 Å². The van der Waals surface area contributed by atoms with Gasteiger partial charge in [0.15, 0.2) is 0 Å². The first-order valence-corrected chi connectivity index (χ1v) is 7.66. The van der Waals surface area contributed by atoms with E-state index in [4.69, 9.17) is 11.6 Å². The summed E-state index contributed by atoms with van der Waals surface area (Å²) in [5, 5.41) is 3.64. The van der Waals surface area contributed by atoms with Crippen LogP contribution in [0.1, 0.15) is 32.3 Å². The Hall–Kier alpha value is -1.06. The van der Waals surface area contributed by atoms with Crippen LogP contribution in [0.15, 0.2) is 18.2 Å². The summed E-state index contributed by atoms with van der Waals surface area (Å²) in [6.07, 6.45) is 2.44. The molecular weight excluding hydrogens is 272 g/mol. The predicted molar refractivity (Wildman–Crippen MR) is 84.3 cm³/mol. The zero-order valence-corrected chi connectivity index (χ0v) is 13.2. The highest BCUT2D eigenvalue weighted by Gasteiger charge is 2.25. The number of hydrogen-bond acceptors (Lipinski definition) is 2. The average Bonchev–Trinajstić information content (AvgIpc) is 2.42. The SMILES string of the molecule is Cc1ccc(Cl)cc1NC(=O)C(C)N1CCCC(C)C1. The van der Waals surface area contributed by atoms with E-state index in [0.29, 0.717) is 10.9 Å². The van der Waals surface area contributed by atoms with E-state index >= 15 is 0 Å². The summed E-state index contributed by atoms with van der Waals surface area (Å²) < 4.78 is 0. The van der Waals surface area contributed by atoms with Gasteiger partial charge in [-0.2, -0.15) is 0 Å². The number of rotatable bonds is 3. The largest absolute Gasteiger partial charge is 0.324 e. The van der Waals surface area contributed by atoms with Crippen LogP contribution in [0.2, 0.25) is 5.02 Å². The van der Waals surface area contributed by atoms with Crippen molar-refractivity contribution in [2.24, 2.45) is 5.92 Å². The molecule has 0 aliphatic carbocycles. The van der Waals surface area contributed by atoms with E-state index in [2.05, 4.69) is 17.1 Å². The summed E-state index contributed by atoms with van der Waals surface area (Å²) in [5.74, 6) is 0.719. The molecule has 2 atom stereocenters. The lowest BCUT2D eigenvalue weighted by Crippen LogP contribution is -2.46. The van der Waals surface area contributed by atoms with Gasteiger partial charge in [-0.15, -0.1) is 0 Å². The number of nitrogens with zero attached hydrogens (tertiary/aromatic N) is 1. The Morgan fingerprint density at radius 2 is 2.25 bits per heavy atom. The number of anilines is 1. The van der Waals surface area contributed by atoms with Crippen molar-refractivity contribution < 1.29 is 4.79 Å². The molecule has 3 nitrogen and oxygen atoms in total. The van der Waals surface area contributed by atoms with Gasteiger partial charge in [-0.25, -0.2) is 0 Å². The molecule has 4 heteroatoms. The van der Waals surface area contributed by atoms with Crippen LogP contribution in [0.3, 0.4) is 0 Å². The maximum absolute atomic E-state index is 12.4. The van der Waals surface area contributed by atoms with Crippen molar-refractivity contribution >= 4 is 23.2 Å². The van der Waals surface area contributed by atoms with Crippen LogP contribution in [0.25, 0.3) is 0 Å². The smallest absolute Gasteiger partial charge is 0.241 e. The standard InChI is InChI=1S/C16H23ClN2O/c1-11-5-4-8-19(10-11)13(3)16(20)18-15-9-14(17)7-6-12(15)2/h6-7,9,11,13H,4-5,8,10H2,1-3H3,(H,18,20). The summed E-state index contributed by atoms with van der Waals surface area (Å²) in [4.78, 5) is 14.7. The fourth-order valence-electron chi connectivity index (χ4n) is 2.71. The van der Waals surface area contributed by atoms with E-state index in [1.54, 1.807) is 6.07 Å². The van der Waals surface area contributed by atoms with Gasteiger partial charge in [0.1, 0.15) is 0 Å². The van der Waals surface area contributed by atoms with Crippen LogP contribution < -0.4 is 5.32 Å². The summed E-state index contributed by atoms with van der Waals surface area (Å²) in [5.41, 5.74) is 1.83. The third-order valence-corrected chi connectivity index (χ3v) is 4.31. The Balaban J connectivity index is 2.02. The van der Waals surface area contributed by atoms with Crippen molar-refractivity contribution in [1.82, 2.24) is 4.90 Å². The van der Waals surface area contributed by atoms with Gasteiger partial charge in [0.25, 0.3) is 0 Å². The number of amides is 1. The van der Waals surface area contributed by atoms with E-state index in [0.717, 1.165) is 24.3 Å². The summed E-state index contributed by atoms with van der Waals surface area (Å²) in [7, 11) is 0. The van der Waals surface area contributed by atoms with Crippen LogP contribution >= 0.6 is 11.6 Å². The summed E-state index contributed by atoms with van der Waals surface area (Å²) >= 11 is 5.99. The van der Waals surface area contributed by atoms with Gasteiger partial charge in [0, 0.05) is 17.3 Å². The molecule has 1 aromatic rings. The topological polar surface area (TPSA) is 32.3 Å². The minimum Gasteiger partial charge on any atom is -0.324 e. The van der Waals surface area contributed by atoms with Crippen molar-refractivity contribution in [3.8, 4) is 0 Å². The molecule has 2 rings (SSSR count). The summed E-state index contributed by atoms with van der Waals surface area (Å²) in [6.45, 7) is 8.21. The molecule has 0 aromatic heterocycles. The molecule has 1 aliphatic rings. The van der Waals surface area contributed by atoms with Crippen LogP contribution in [0.5, 0.6) is 0 Å². The molecule has 0 spiro atoms. The third kappa shape index (κ3) is 3.74. The van der Waals surface area contributed by atoms with Gasteiger partial charge in [-0.1, -0.05) is 24.6 Å². The third-order valence-electron chi connectivity index (χ3n) is 4.07. The number of halogens is 1. The average molecular weight is 295 g/mol. The maximum Gasteiger partial charge on any atom is 0.241 e. The normalized spacial score (nSPS) is 21.5. The van der Waals surface area contributed by atoms with Crippen molar-refractivity contribution in [3.05, 3.63) is 28.8 Å². The summed E-state index contributed by atoms with van der Waals surface area (Å²) in [6, 6.07) is 5.46. The van der Waals surface area contributed by atoms with Gasteiger partial charge >= 0.3 is 0 Å². The van der Waals surface area contributed by atoms with Crippen molar-refractivity contribution in [2.75, 3.05) is 18.4 Å². The molecule has 1 aliphatic heterocycles. The van der Waals surface area contributed by atoms with E-state index in [-0.39, 0.29) is 11.9 Å². The van der Waals surface area contributed by atoms with Gasteiger partial charge < -0.3 is 5.32 Å². The second kappa shape index (κ2) is 6.59. The lowest BCUT2D eigenvalue weighted by molar-refractivity contribution is -0.121. The van der Waals surface area contributed by atoms with E-state index in [9.17, 15) is 4.79 Å². The van der Waals surface area contributed by atoms with Crippen LogP contribution in [0, 0.1) is 12.8 Å². The predicted octanol–water partition coefficient (Wildman–Crippen LogP) is 3.71.